The van der Waals surface area contributed by atoms with Crippen molar-refractivity contribution >= 4 is 23.8 Å². The van der Waals surface area contributed by atoms with Gasteiger partial charge in [0.1, 0.15) is 18.5 Å². The SMILES string of the molecule is O=C(O)CC(NC(=O)OCC1c2ccccc2-c2ccccc21)C(=O)Nc1ccccn1. The van der Waals surface area contributed by atoms with E-state index in [1.807, 2.05) is 48.5 Å². The zero-order valence-electron chi connectivity index (χ0n) is 17.0. The van der Waals surface area contributed by atoms with Crippen LogP contribution in [0.3, 0.4) is 0 Å². The van der Waals surface area contributed by atoms with Crippen molar-refractivity contribution in [3.8, 4) is 11.1 Å². The number of alkyl carbamates (subject to hydrolysis) is 1. The molecule has 0 bridgehead atoms. The van der Waals surface area contributed by atoms with E-state index in [-0.39, 0.29) is 18.3 Å². The van der Waals surface area contributed by atoms with Gasteiger partial charge in [0.15, 0.2) is 0 Å². The Labute approximate surface area is 184 Å². The highest BCUT2D eigenvalue weighted by atomic mass is 16.5. The Morgan fingerprint density at radius 2 is 1.56 bits per heavy atom. The first kappa shape index (κ1) is 21.0. The van der Waals surface area contributed by atoms with Gasteiger partial charge < -0.3 is 20.5 Å². The number of aromatic nitrogens is 1. The van der Waals surface area contributed by atoms with Gasteiger partial charge in [0.05, 0.1) is 6.42 Å². The molecule has 8 heteroatoms. The number of carbonyl (C=O) groups excluding carboxylic acids is 2. The molecule has 3 aromatic rings. The average Bonchev–Trinajstić information content (AvgIpc) is 3.11. The summed E-state index contributed by atoms with van der Waals surface area (Å²) in [5, 5.41) is 14.0. The maximum Gasteiger partial charge on any atom is 0.407 e. The summed E-state index contributed by atoms with van der Waals surface area (Å²) in [6.45, 7) is 0.0571. The van der Waals surface area contributed by atoms with Gasteiger partial charge in [0.2, 0.25) is 5.91 Å². The highest BCUT2D eigenvalue weighted by Gasteiger charge is 2.30. The first-order valence-electron chi connectivity index (χ1n) is 10.1. The van der Waals surface area contributed by atoms with Gasteiger partial charge in [0.25, 0.3) is 0 Å². The molecular formula is C24H21N3O5. The molecule has 0 fully saturated rings. The number of carboxylic acids is 1. The summed E-state index contributed by atoms with van der Waals surface area (Å²) in [6, 6.07) is 19.4. The van der Waals surface area contributed by atoms with Crippen molar-refractivity contribution in [2.24, 2.45) is 0 Å². The van der Waals surface area contributed by atoms with E-state index in [0.29, 0.717) is 0 Å². The fourth-order valence-corrected chi connectivity index (χ4v) is 3.82. The molecule has 2 aromatic carbocycles. The maximum absolute atomic E-state index is 12.5. The van der Waals surface area contributed by atoms with E-state index in [1.54, 1.807) is 18.2 Å². The maximum atomic E-state index is 12.5. The predicted molar refractivity (Wildman–Crippen MR) is 117 cm³/mol. The number of pyridine rings is 1. The number of carbonyl (C=O) groups is 3. The second kappa shape index (κ2) is 9.30. The van der Waals surface area contributed by atoms with Crippen LogP contribution < -0.4 is 10.6 Å². The number of amides is 2. The van der Waals surface area contributed by atoms with Crippen molar-refractivity contribution in [1.82, 2.24) is 10.3 Å². The van der Waals surface area contributed by atoms with Crippen LogP contribution in [0, 0.1) is 0 Å². The molecule has 1 aromatic heterocycles. The predicted octanol–water partition coefficient (Wildman–Crippen LogP) is 3.40. The van der Waals surface area contributed by atoms with Crippen LogP contribution >= 0.6 is 0 Å². The molecular weight excluding hydrogens is 410 g/mol. The number of hydrogen-bond donors (Lipinski definition) is 3. The number of ether oxygens (including phenoxy) is 1. The van der Waals surface area contributed by atoms with E-state index >= 15 is 0 Å². The summed E-state index contributed by atoms with van der Waals surface area (Å²) in [5.41, 5.74) is 4.29. The van der Waals surface area contributed by atoms with E-state index in [2.05, 4.69) is 15.6 Å². The molecule has 2 amide bonds. The van der Waals surface area contributed by atoms with Gasteiger partial charge in [0, 0.05) is 12.1 Å². The number of nitrogens with zero attached hydrogens (tertiary/aromatic N) is 1. The molecule has 1 unspecified atom stereocenters. The Balaban J connectivity index is 1.42. The number of nitrogens with one attached hydrogen (secondary N) is 2. The monoisotopic (exact) mass is 431 g/mol. The van der Waals surface area contributed by atoms with Gasteiger partial charge in [-0.1, -0.05) is 54.6 Å². The van der Waals surface area contributed by atoms with Crippen molar-refractivity contribution in [3.63, 3.8) is 0 Å². The minimum Gasteiger partial charge on any atom is -0.481 e. The lowest BCUT2D eigenvalue weighted by Gasteiger charge is -2.18. The number of anilines is 1. The lowest BCUT2D eigenvalue weighted by Crippen LogP contribution is -2.45. The first-order chi connectivity index (χ1) is 15.5. The van der Waals surface area contributed by atoms with Gasteiger partial charge in [-0.05, 0) is 34.4 Å². The third kappa shape index (κ3) is 4.59. The van der Waals surface area contributed by atoms with Gasteiger partial charge in [-0.25, -0.2) is 9.78 Å². The molecule has 3 N–H and O–H groups in total. The van der Waals surface area contributed by atoms with E-state index in [9.17, 15) is 14.4 Å². The van der Waals surface area contributed by atoms with E-state index < -0.39 is 30.4 Å². The van der Waals surface area contributed by atoms with Crippen LogP contribution in [0.25, 0.3) is 11.1 Å². The second-order valence-electron chi connectivity index (χ2n) is 7.32. The highest BCUT2D eigenvalue weighted by molar-refractivity contribution is 5.97. The van der Waals surface area contributed by atoms with Crippen LogP contribution in [0.15, 0.2) is 72.9 Å². The van der Waals surface area contributed by atoms with E-state index in [1.165, 1.54) is 6.20 Å². The molecule has 1 atom stereocenters. The van der Waals surface area contributed by atoms with Crippen molar-refractivity contribution in [1.29, 1.82) is 0 Å². The number of fused-ring (bicyclic) bond motifs is 3. The number of aliphatic carboxylic acids is 1. The van der Waals surface area contributed by atoms with E-state index in [4.69, 9.17) is 9.84 Å². The summed E-state index contributed by atoms with van der Waals surface area (Å²) in [5.74, 6) is -1.82. The zero-order valence-corrected chi connectivity index (χ0v) is 17.0. The molecule has 1 aliphatic rings. The average molecular weight is 431 g/mol. The minimum atomic E-state index is -1.31. The smallest absolute Gasteiger partial charge is 0.407 e. The molecule has 0 radical (unpaired) electrons. The number of carboxylic acid groups (broad SMARTS) is 1. The van der Waals surface area contributed by atoms with Gasteiger partial charge in [-0.2, -0.15) is 0 Å². The molecule has 32 heavy (non-hydrogen) atoms. The quantitative estimate of drug-likeness (QED) is 0.528. The zero-order chi connectivity index (χ0) is 22.5. The van der Waals surface area contributed by atoms with Crippen LogP contribution in [0.5, 0.6) is 0 Å². The highest BCUT2D eigenvalue weighted by Crippen LogP contribution is 2.44. The van der Waals surface area contributed by atoms with Gasteiger partial charge >= 0.3 is 12.1 Å². The number of hydrogen-bond acceptors (Lipinski definition) is 5. The lowest BCUT2D eigenvalue weighted by molar-refractivity contribution is -0.139. The van der Waals surface area contributed by atoms with Crippen LogP contribution in [0.2, 0.25) is 0 Å². The summed E-state index contributed by atoms with van der Waals surface area (Å²) >= 11 is 0. The Kier molecular flexibility index (Phi) is 6.12. The van der Waals surface area contributed by atoms with Gasteiger partial charge in [-0.3, -0.25) is 9.59 Å². The second-order valence-corrected chi connectivity index (χ2v) is 7.32. The Morgan fingerprint density at radius 3 is 2.16 bits per heavy atom. The Morgan fingerprint density at radius 1 is 0.938 bits per heavy atom. The third-order valence-electron chi connectivity index (χ3n) is 5.25. The number of benzene rings is 2. The van der Waals surface area contributed by atoms with E-state index in [0.717, 1.165) is 22.3 Å². The van der Waals surface area contributed by atoms with Crippen LogP contribution in [-0.4, -0.2) is 40.7 Å². The molecule has 8 nitrogen and oxygen atoms in total. The molecule has 0 saturated carbocycles. The van der Waals surface area contributed by atoms with Crippen LogP contribution in [0.4, 0.5) is 10.6 Å². The molecule has 1 heterocycles. The van der Waals surface area contributed by atoms with Crippen LogP contribution in [0.1, 0.15) is 23.5 Å². The molecule has 0 spiro atoms. The minimum absolute atomic E-state index is 0.0571. The molecule has 162 valence electrons. The Hall–Kier alpha value is -4.20. The summed E-state index contributed by atoms with van der Waals surface area (Å²) in [4.78, 5) is 40.1. The molecule has 0 saturated heterocycles. The first-order valence-corrected chi connectivity index (χ1v) is 10.1. The van der Waals surface area contributed by atoms with Crippen molar-refractivity contribution in [3.05, 3.63) is 84.1 Å². The normalized spacial score (nSPS) is 12.9. The Bertz CT molecular complexity index is 1100. The third-order valence-corrected chi connectivity index (χ3v) is 5.25. The fraction of sp³-hybridized carbons (Fsp3) is 0.167. The summed E-state index contributed by atoms with van der Waals surface area (Å²) in [6.07, 6.45) is 0.0261. The standard InChI is InChI=1S/C24H21N3O5/c28-22(29)13-20(23(30)27-21-11-5-6-12-25-21)26-24(31)32-14-19-17-9-3-1-7-15(17)16-8-2-4-10-18(16)19/h1-12,19-20H,13-14H2,(H,26,31)(H,28,29)(H,25,27,30). The van der Waals surface area contributed by atoms with Crippen molar-refractivity contribution < 1.29 is 24.2 Å². The van der Waals surface area contributed by atoms with Crippen LogP contribution in [-0.2, 0) is 14.3 Å². The lowest BCUT2D eigenvalue weighted by atomic mass is 9.98. The topological polar surface area (TPSA) is 118 Å². The van der Waals surface area contributed by atoms with Crippen molar-refractivity contribution in [2.75, 3.05) is 11.9 Å². The largest absolute Gasteiger partial charge is 0.481 e. The van der Waals surface area contributed by atoms with Gasteiger partial charge in [-0.15, -0.1) is 0 Å². The number of rotatable bonds is 7. The molecule has 1 aliphatic carbocycles. The fourth-order valence-electron chi connectivity index (χ4n) is 3.82. The summed E-state index contributed by atoms with van der Waals surface area (Å²) < 4.78 is 5.41. The molecule has 0 aliphatic heterocycles. The van der Waals surface area contributed by atoms with Crippen molar-refractivity contribution in [2.45, 2.75) is 18.4 Å². The molecule has 4 rings (SSSR count). The summed E-state index contributed by atoms with van der Waals surface area (Å²) in [7, 11) is 0.